The van der Waals surface area contributed by atoms with E-state index in [1.54, 1.807) is 24.3 Å². The third kappa shape index (κ3) is 5.08. The number of aliphatic hydroxyl groups excluding tert-OH is 1. The van der Waals surface area contributed by atoms with Gasteiger partial charge in [0.25, 0.3) is 0 Å². The molecule has 0 fully saturated rings. The monoisotopic (exact) mass is 416 g/mol. The molecule has 0 spiro atoms. The maximum absolute atomic E-state index is 13.9. The smallest absolute Gasteiger partial charge is 0.182 e. The third-order valence-corrected chi connectivity index (χ3v) is 6.41. The van der Waals surface area contributed by atoms with E-state index in [0.717, 1.165) is 18.6 Å². The number of hydrogen-bond acceptors (Lipinski definition) is 3. The molecule has 3 nitrogen and oxygen atoms in total. The topological polar surface area (TPSA) is 54.4 Å². The molecule has 3 aromatic carbocycles. The highest BCUT2D eigenvalue weighted by molar-refractivity contribution is 7.90. The van der Waals surface area contributed by atoms with Gasteiger partial charge >= 0.3 is 0 Å². The second-order valence-corrected chi connectivity index (χ2v) is 8.95. The Labute approximate surface area is 169 Å². The van der Waals surface area contributed by atoms with Crippen LogP contribution in [-0.4, -0.2) is 13.5 Å². The molecule has 3 rings (SSSR count). The number of hydrogen-bond donors (Lipinski definition) is 1. The summed E-state index contributed by atoms with van der Waals surface area (Å²) >= 11 is 0. The first-order chi connectivity index (χ1) is 13.8. The van der Waals surface area contributed by atoms with Crippen LogP contribution in [0.25, 0.3) is 11.1 Å². The summed E-state index contributed by atoms with van der Waals surface area (Å²) in [7, 11) is -3.62. The molecule has 152 valence electrons. The van der Waals surface area contributed by atoms with Gasteiger partial charge in [-0.25, -0.2) is 17.2 Å². The molecule has 0 saturated heterocycles. The fourth-order valence-electron chi connectivity index (χ4n) is 3.20. The Balaban J connectivity index is 1.82. The van der Waals surface area contributed by atoms with Gasteiger partial charge in [0, 0.05) is 11.6 Å². The van der Waals surface area contributed by atoms with Crippen molar-refractivity contribution >= 4 is 9.84 Å². The van der Waals surface area contributed by atoms with E-state index < -0.39 is 27.6 Å². The van der Waals surface area contributed by atoms with Gasteiger partial charge in [-0.1, -0.05) is 49.7 Å². The highest BCUT2D eigenvalue weighted by Crippen LogP contribution is 2.26. The normalized spacial score (nSPS) is 12.7. The molecule has 3 aromatic rings. The van der Waals surface area contributed by atoms with E-state index in [1.165, 1.54) is 30.3 Å². The summed E-state index contributed by atoms with van der Waals surface area (Å²) in [5, 5.41) is 10.1. The summed E-state index contributed by atoms with van der Waals surface area (Å²) < 4.78 is 52.6. The van der Waals surface area contributed by atoms with Crippen molar-refractivity contribution in [2.45, 2.75) is 36.5 Å². The number of sulfone groups is 1. The fraction of sp³-hybridized carbons (Fsp3) is 0.217. The first kappa shape index (κ1) is 21.1. The largest absolute Gasteiger partial charge is 0.388 e. The molecule has 29 heavy (non-hydrogen) atoms. The Morgan fingerprint density at radius 3 is 2.34 bits per heavy atom. The van der Waals surface area contributed by atoms with Crippen molar-refractivity contribution < 1.29 is 22.3 Å². The van der Waals surface area contributed by atoms with Crippen molar-refractivity contribution in [3.05, 3.63) is 89.5 Å². The average molecular weight is 416 g/mol. The first-order valence-corrected chi connectivity index (χ1v) is 11.0. The van der Waals surface area contributed by atoms with Crippen LogP contribution in [0.2, 0.25) is 0 Å². The number of rotatable bonds is 7. The minimum Gasteiger partial charge on any atom is -0.388 e. The Bertz CT molecular complexity index is 1090. The molecule has 0 radical (unpaired) electrons. The summed E-state index contributed by atoms with van der Waals surface area (Å²) in [5.74, 6) is -1.58. The van der Waals surface area contributed by atoms with E-state index in [9.17, 15) is 22.3 Å². The minimum absolute atomic E-state index is 0.114. The summed E-state index contributed by atoms with van der Waals surface area (Å²) in [5.41, 5.74) is 1.95. The molecule has 1 atom stereocenters. The zero-order valence-electron chi connectivity index (χ0n) is 16.0. The predicted molar refractivity (Wildman–Crippen MR) is 109 cm³/mol. The van der Waals surface area contributed by atoms with Crippen molar-refractivity contribution in [3.8, 4) is 11.1 Å². The van der Waals surface area contributed by atoms with E-state index in [1.807, 2.05) is 6.92 Å². The van der Waals surface area contributed by atoms with E-state index in [4.69, 9.17) is 0 Å². The molecule has 0 saturated carbocycles. The number of aliphatic hydroxyl groups is 1. The molecule has 0 aliphatic rings. The quantitative estimate of drug-likeness (QED) is 0.558. The summed E-state index contributed by atoms with van der Waals surface area (Å²) in [6.45, 7) is 1.97. The second kappa shape index (κ2) is 8.84. The molecular weight excluding hydrogens is 394 g/mol. The van der Waals surface area contributed by atoms with Crippen LogP contribution >= 0.6 is 0 Å². The van der Waals surface area contributed by atoms with Gasteiger partial charge in [0.1, 0.15) is 11.6 Å². The van der Waals surface area contributed by atoms with Crippen LogP contribution in [0.3, 0.4) is 0 Å². The molecule has 1 unspecified atom stereocenters. The van der Waals surface area contributed by atoms with E-state index >= 15 is 0 Å². The molecule has 6 heteroatoms. The van der Waals surface area contributed by atoms with E-state index in [2.05, 4.69) is 0 Å². The van der Waals surface area contributed by atoms with Crippen LogP contribution < -0.4 is 0 Å². The molecule has 0 aliphatic carbocycles. The zero-order chi connectivity index (χ0) is 21.0. The Morgan fingerprint density at radius 1 is 0.966 bits per heavy atom. The third-order valence-electron chi connectivity index (χ3n) is 4.71. The lowest BCUT2D eigenvalue weighted by Crippen LogP contribution is -2.06. The van der Waals surface area contributed by atoms with Gasteiger partial charge in [-0.05, 0) is 47.4 Å². The van der Waals surface area contributed by atoms with Crippen LogP contribution in [0.15, 0.2) is 71.6 Å². The maximum atomic E-state index is 13.9. The van der Waals surface area contributed by atoms with Crippen molar-refractivity contribution in [2.75, 3.05) is 0 Å². The van der Waals surface area contributed by atoms with Crippen LogP contribution in [0.1, 0.15) is 37.0 Å². The molecule has 0 aliphatic heterocycles. The van der Waals surface area contributed by atoms with Crippen LogP contribution in [-0.2, 0) is 15.6 Å². The lowest BCUT2D eigenvalue weighted by molar-refractivity contribution is 0.166. The minimum atomic E-state index is -3.62. The van der Waals surface area contributed by atoms with Crippen molar-refractivity contribution in [1.82, 2.24) is 0 Å². The van der Waals surface area contributed by atoms with E-state index in [-0.39, 0.29) is 16.2 Å². The molecule has 1 N–H and O–H groups in total. The first-order valence-electron chi connectivity index (χ1n) is 9.35. The van der Waals surface area contributed by atoms with Gasteiger partial charge in [-0.3, -0.25) is 0 Å². The summed E-state index contributed by atoms with van der Waals surface area (Å²) in [6, 6.07) is 16.1. The number of halogens is 2. The lowest BCUT2D eigenvalue weighted by Gasteiger charge is -2.12. The SMILES string of the molecule is CCCC(O)c1cccc(CS(=O)(=O)c2ccc(-c3ccc(F)cc3F)cc2)c1. The zero-order valence-corrected chi connectivity index (χ0v) is 16.8. The highest BCUT2D eigenvalue weighted by atomic mass is 32.2. The Hall–Kier alpha value is -2.57. The second-order valence-electron chi connectivity index (χ2n) is 6.96. The molecule has 0 aromatic heterocycles. The molecular formula is C23H22F2O3S. The summed E-state index contributed by atoms with van der Waals surface area (Å²) in [6.07, 6.45) is 0.815. The van der Waals surface area contributed by atoms with Crippen LogP contribution in [0.5, 0.6) is 0 Å². The van der Waals surface area contributed by atoms with Crippen molar-refractivity contribution in [3.63, 3.8) is 0 Å². The predicted octanol–water partition coefficient (Wildman–Crippen LogP) is 5.44. The summed E-state index contributed by atoms with van der Waals surface area (Å²) in [4.78, 5) is 0.114. The number of benzene rings is 3. The van der Waals surface area contributed by atoms with Gasteiger partial charge < -0.3 is 5.11 Å². The van der Waals surface area contributed by atoms with E-state index in [0.29, 0.717) is 23.1 Å². The van der Waals surface area contributed by atoms with Gasteiger partial charge in [0.2, 0.25) is 0 Å². The van der Waals surface area contributed by atoms with Crippen molar-refractivity contribution in [1.29, 1.82) is 0 Å². The van der Waals surface area contributed by atoms with Crippen molar-refractivity contribution in [2.24, 2.45) is 0 Å². The Kier molecular flexibility index (Phi) is 6.45. The van der Waals surface area contributed by atoms with Crippen LogP contribution in [0.4, 0.5) is 8.78 Å². The molecule has 0 bridgehead atoms. The maximum Gasteiger partial charge on any atom is 0.182 e. The van der Waals surface area contributed by atoms with Gasteiger partial charge in [-0.2, -0.15) is 0 Å². The fourth-order valence-corrected chi connectivity index (χ4v) is 4.53. The van der Waals surface area contributed by atoms with Crippen LogP contribution in [0, 0.1) is 11.6 Å². The van der Waals surface area contributed by atoms with Gasteiger partial charge in [0.05, 0.1) is 16.8 Å². The molecule has 0 amide bonds. The highest BCUT2D eigenvalue weighted by Gasteiger charge is 2.17. The van der Waals surface area contributed by atoms with Gasteiger partial charge in [0.15, 0.2) is 9.84 Å². The standard InChI is InChI=1S/C23H22F2O3S/c1-2-4-23(26)18-6-3-5-16(13-18)15-29(27,28)20-10-7-17(8-11-20)21-12-9-19(24)14-22(21)25/h3,5-14,23,26H,2,4,15H2,1H3. The average Bonchev–Trinajstić information content (AvgIpc) is 2.68. The van der Waals surface area contributed by atoms with Gasteiger partial charge in [-0.15, -0.1) is 0 Å². The Morgan fingerprint density at radius 2 is 1.69 bits per heavy atom. The lowest BCUT2D eigenvalue weighted by atomic mass is 10.0. The molecule has 0 heterocycles.